The third kappa shape index (κ3) is 4.44. The van der Waals surface area contributed by atoms with Gasteiger partial charge in [-0.25, -0.2) is 0 Å². The maximum atomic E-state index is 11.2. The molecule has 0 amide bonds. The summed E-state index contributed by atoms with van der Waals surface area (Å²) < 4.78 is 4.67. The van der Waals surface area contributed by atoms with Crippen LogP contribution < -0.4 is 0 Å². The fourth-order valence-corrected chi connectivity index (χ4v) is 2.08. The van der Waals surface area contributed by atoms with Gasteiger partial charge in [-0.3, -0.25) is 9.69 Å². The van der Waals surface area contributed by atoms with E-state index in [1.807, 2.05) is 0 Å². The predicted molar refractivity (Wildman–Crippen MR) is 61.9 cm³/mol. The van der Waals surface area contributed by atoms with Crippen LogP contribution in [-0.4, -0.2) is 31.1 Å². The lowest BCUT2D eigenvalue weighted by molar-refractivity contribution is -0.142. The van der Waals surface area contributed by atoms with Gasteiger partial charge < -0.3 is 4.74 Å². The first kappa shape index (κ1) is 12.2. The Labute approximate surface area is 94.7 Å². The summed E-state index contributed by atoms with van der Waals surface area (Å²) in [6, 6.07) is 2.09. The van der Waals surface area contributed by atoms with E-state index in [9.17, 15) is 4.79 Å². The lowest BCUT2D eigenvalue weighted by Crippen LogP contribution is -2.30. The zero-order valence-corrected chi connectivity index (χ0v) is 10.0. The van der Waals surface area contributed by atoms with Crippen molar-refractivity contribution in [1.82, 2.24) is 4.90 Å². The molecule has 84 valence electrons. The third-order valence-electron chi connectivity index (χ3n) is 2.11. The molecule has 0 saturated heterocycles. The van der Waals surface area contributed by atoms with Crippen LogP contribution in [0.3, 0.4) is 0 Å². The minimum atomic E-state index is -0.168. The Kier molecular flexibility index (Phi) is 5.36. The van der Waals surface area contributed by atoms with E-state index >= 15 is 0 Å². The van der Waals surface area contributed by atoms with Crippen LogP contribution >= 0.6 is 11.3 Å². The molecule has 0 bridgehead atoms. The Morgan fingerprint density at radius 1 is 1.60 bits per heavy atom. The maximum absolute atomic E-state index is 11.2. The summed E-state index contributed by atoms with van der Waals surface area (Å²) in [5, 5.41) is 4.16. The van der Waals surface area contributed by atoms with Crippen molar-refractivity contribution in [2.24, 2.45) is 0 Å². The first-order valence-electron chi connectivity index (χ1n) is 5.06. The number of carbonyl (C=O) groups excluding carboxylic acids is 1. The summed E-state index contributed by atoms with van der Waals surface area (Å²) in [7, 11) is 1.43. The fraction of sp³-hybridized carbons (Fsp3) is 0.545. The molecule has 0 atom stereocenters. The number of hydrogen-bond acceptors (Lipinski definition) is 4. The average molecular weight is 227 g/mol. The molecule has 1 rings (SSSR count). The molecule has 0 radical (unpaired) electrons. The minimum absolute atomic E-state index is 0.168. The summed E-state index contributed by atoms with van der Waals surface area (Å²) >= 11 is 1.68. The van der Waals surface area contributed by atoms with Crippen molar-refractivity contribution in [3.05, 3.63) is 22.4 Å². The van der Waals surface area contributed by atoms with E-state index in [-0.39, 0.29) is 5.97 Å². The zero-order valence-electron chi connectivity index (χ0n) is 9.23. The van der Waals surface area contributed by atoms with Crippen molar-refractivity contribution in [1.29, 1.82) is 0 Å². The van der Waals surface area contributed by atoms with E-state index in [1.165, 1.54) is 12.7 Å². The number of ether oxygens (including phenoxy) is 1. The molecule has 0 aliphatic carbocycles. The van der Waals surface area contributed by atoms with E-state index < -0.39 is 0 Å². The monoisotopic (exact) mass is 227 g/mol. The number of esters is 1. The largest absolute Gasteiger partial charge is 0.468 e. The number of hydrogen-bond donors (Lipinski definition) is 0. The summed E-state index contributed by atoms with van der Waals surface area (Å²) in [4.78, 5) is 13.3. The van der Waals surface area contributed by atoms with Crippen LogP contribution in [0.1, 0.15) is 18.9 Å². The Morgan fingerprint density at radius 2 is 2.40 bits per heavy atom. The second-order valence-electron chi connectivity index (χ2n) is 3.42. The first-order chi connectivity index (χ1) is 7.26. The zero-order chi connectivity index (χ0) is 11.1. The number of methoxy groups -OCH3 is 1. The molecular weight excluding hydrogens is 210 g/mol. The Balaban J connectivity index is 2.46. The molecule has 0 aliphatic rings. The van der Waals surface area contributed by atoms with E-state index in [0.29, 0.717) is 6.54 Å². The molecule has 0 spiro atoms. The van der Waals surface area contributed by atoms with Crippen LogP contribution in [-0.2, 0) is 16.1 Å². The SMILES string of the molecule is CCCN(CC(=O)OC)Cc1ccsc1. The Hall–Kier alpha value is -0.870. The molecule has 1 heterocycles. The topological polar surface area (TPSA) is 29.5 Å². The molecule has 4 heteroatoms. The number of carbonyl (C=O) groups is 1. The van der Waals surface area contributed by atoms with E-state index in [1.54, 1.807) is 11.3 Å². The summed E-state index contributed by atoms with van der Waals surface area (Å²) in [5.41, 5.74) is 1.26. The van der Waals surface area contributed by atoms with Crippen molar-refractivity contribution in [3.63, 3.8) is 0 Å². The molecule has 1 aromatic rings. The van der Waals surface area contributed by atoms with E-state index in [0.717, 1.165) is 19.5 Å². The number of rotatable bonds is 6. The van der Waals surface area contributed by atoms with Crippen molar-refractivity contribution >= 4 is 17.3 Å². The highest BCUT2D eigenvalue weighted by molar-refractivity contribution is 7.07. The molecule has 0 aliphatic heterocycles. The van der Waals surface area contributed by atoms with Crippen LogP contribution in [0.2, 0.25) is 0 Å². The second kappa shape index (κ2) is 6.58. The fourth-order valence-electron chi connectivity index (χ4n) is 1.42. The molecular formula is C11H17NO2S. The average Bonchev–Trinajstić information content (AvgIpc) is 2.70. The Morgan fingerprint density at radius 3 is 2.93 bits per heavy atom. The molecule has 0 N–H and O–H groups in total. The smallest absolute Gasteiger partial charge is 0.319 e. The van der Waals surface area contributed by atoms with Gasteiger partial charge in [0.1, 0.15) is 0 Å². The first-order valence-corrected chi connectivity index (χ1v) is 6.00. The van der Waals surface area contributed by atoms with Gasteiger partial charge in [-0.05, 0) is 35.4 Å². The Bertz CT molecular complexity index is 285. The molecule has 0 fully saturated rings. The van der Waals surface area contributed by atoms with Crippen LogP contribution in [0.25, 0.3) is 0 Å². The van der Waals surface area contributed by atoms with Gasteiger partial charge in [-0.15, -0.1) is 0 Å². The van der Waals surface area contributed by atoms with Gasteiger partial charge in [0.2, 0.25) is 0 Å². The molecule has 15 heavy (non-hydrogen) atoms. The molecule has 3 nitrogen and oxygen atoms in total. The van der Waals surface area contributed by atoms with Crippen LogP contribution in [0.4, 0.5) is 0 Å². The van der Waals surface area contributed by atoms with Crippen molar-refractivity contribution < 1.29 is 9.53 Å². The molecule has 0 saturated carbocycles. The van der Waals surface area contributed by atoms with Gasteiger partial charge in [0, 0.05) is 6.54 Å². The van der Waals surface area contributed by atoms with Gasteiger partial charge in [0.05, 0.1) is 13.7 Å². The third-order valence-corrected chi connectivity index (χ3v) is 2.84. The number of thiophene rings is 1. The van der Waals surface area contributed by atoms with Gasteiger partial charge in [-0.1, -0.05) is 6.92 Å². The van der Waals surface area contributed by atoms with Crippen molar-refractivity contribution in [2.75, 3.05) is 20.2 Å². The van der Waals surface area contributed by atoms with E-state index in [2.05, 4.69) is 33.4 Å². The van der Waals surface area contributed by atoms with Gasteiger partial charge in [0.15, 0.2) is 0 Å². The summed E-state index contributed by atoms with van der Waals surface area (Å²) in [6.45, 7) is 4.23. The number of nitrogens with zero attached hydrogens (tertiary/aromatic N) is 1. The highest BCUT2D eigenvalue weighted by Gasteiger charge is 2.10. The molecule has 0 unspecified atom stereocenters. The standard InChI is InChI=1S/C11H17NO2S/c1-3-5-12(8-11(13)14-2)7-10-4-6-15-9-10/h4,6,9H,3,5,7-8H2,1-2H3. The molecule has 0 aromatic carbocycles. The summed E-state index contributed by atoms with van der Waals surface area (Å²) in [6.07, 6.45) is 1.04. The quantitative estimate of drug-likeness (QED) is 0.697. The van der Waals surface area contributed by atoms with Crippen LogP contribution in [0, 0.1) is 0 Å². The van der Waals surface area contributed by atoms with Gasteiger partial charge >= 0.3 is 5.97 Å². The highest BCUT2D eigenvalue weighted by atomic mass is 32.1. The maximum Gasteiger partial charge on any atom is 0.319 e. The predicted octanol–water partition coefficient (Wildman–Crippen LogP) is 2.13. The lowest BCUT2D eigenvalue weighted by atomic mass is 10.3. The van der Waals surface area contributed by atoms with E-state index in [4.69, 9.17) is 0 Å². The van der Waals surface area contributed by atoms with Gasteiger partial charge in [0.25, 0.3) is 0 Å². The molecule has 1 aromatic heterocycles. The highest BCUT2D eigenvalue weighted by Crippen LogP contribution is 2.09. The minimum Gasteiger partial charge on any atom is -0.468 e. The van der Waals surface area contributed by atoms with Crippen molar-refractivity contribution in [3.8, 4) is 0 Å². The van der Waals surface area contributed by atoms with Crippen molar-refractivity contribution in [2.45, 2.75) is 19.9 Å². The lowest BCUT2D eigenvalue weighted by Gasteiger charge is -2.19. The van der Waals surface area contributed by atoms with Gasteiger partial charge in [-0.2, -0.15) is 11.3 Å². The summed E-state index contributed by atoms with van der Waals surface area (Å²) in [5.74, 6) is -0.168. The second-order valence-corrected chi connectivity index (χ2v) is 4.20. The normalized spacial score (nSPS) is 10.6. The van der Waals surface area contributed by atoms with Crippen LogP contribution in [0.15, 0.2) is 16.8 Å². The van der Waals surface area contributed by atoms with Crippen LogP contribution in [0.5, 0.6) is 0 Å².